The smallest absolute Gasteiger partial charge is 0.146 e. The van der Waals surface area contributed by atoms with Crippen LogP contribution in [0.3, 0.4) is 0 Å². The Morgan fingerprint density at radius 2 is 2.16 bits per heavy atom. The minimum Gasteiger partial charge on any atom is -0.346 e. The van der Waals surface area contributed by atoms with E-state index >= 15 is 0 Å². The molecule has 0 saturated carbocycles. The van der Waals surface area contributed by atoms with Gasteiger partial charge in [0.25, 0.3) is 0 Å². The zero-order chi connectivity index (χ0) is 13.4. The van der Waals surface area contributed by atoms with Gasteiger partial charge in [0, 0.05) is 25.0 Å². The first-order valence-corrected chi connectivity index (χ1v) is 6.33. The van der Waals surface area contributed by atoms with Gasteiger partial charge in [0.15, 0.2) is 0 Å². The number of aryl methyl sites for hydroxylation is 1. The fraction of sp³-hybridized carbons (Fsp3) is 0.357. The van der Waals surface area contributed by atoms with E-state index in [1.165, 1.54) is 5.69 Å². The van der Waals surface area contributed by atoms with Crippen LogP contribution in [-0.2, 0) is 13.1 Å². The number of rotatable bonds is 1. The van der Waals surface area contributed by atoms with E-state index in [4.69, 9.17) is 5.26 Å². The fourth-order valence-electron chi connectivity index (χ4n) is 2.53. The van der Waals surface area contributed by atoms with Crippen molar-refractivity contribution in [2.75, 3.05) is 11.4 Å². The van der Waals surface area contributed by atoms with Crippen LogP contribution >= 0.6 is 0 Å². The Morgan fingerprint density at radius 3 is 2.95 bits per heavy atom. The van der Waals surface area contributed by atoms with Crippen LogP contribution < -0.4 is 4.90 Å². The lowest BCUT2D eigenvalue weighted by Crippen LogP contribution is -2.35. The molecule has 2 aromatic rings. The van der Waals surface area contributed by atoms with Crippen molar-refractivity contribution in [1.82, 2.24) is 14.5 Å². The minimum atomic E-state index is 0.621. The summed E-state index contributed by atoms with van der Waals surface area (Å²) >= 11 is 0. The monoisotopic (exact) mass is 253 g/mol. The van der Waals surface area contributed by atoms with Gasteiger partial charge in [-0.1, -0.05) is 0 Å². The molecule has 0 fully saturated rings. The van der Waals surface area contributed by atoms with Crippen LogP contribution in [0.5, 0.6) is 0 Å². The molecular formula is C14H15N5. The molecule has 1 aliphatic heterocycles. The Bertz CT molecular complexity index is 665. The molecule has 0 bridgehead atoms. The maximum atomic E-state index is 9.16. The molecule has 0 saturated heterocycles. The molecule has 3 rings (SSSR count). The summed E-state index contributed by atoms with van der Waals surface area (Å²) in [5, 5.41) is 9.16. The van der Waals surface area contributed by atoms with Crippen LogP contribution in [0.1, 0.15) is 22.8 Å². The van der Waals surface area contributed by atoms with Crippen molar-refractivity contribution in [3.8, 4) is 6.07 Å². The van der Waals surface area contributed by atoms with E-state index in [2.05, 4.69) is 32.4 Å². The number of hydrogen-bond donors (Lipinski definition) is 0. The number of anilines is 1. The van der Waals surface area contributed by atoms with Crippen molar-refractivity contribution in [2.45, 2.75) is 26.9 Å². The molecule has 1 aliphatic rings. The maximum absolute atomic E-state index is 9.16. The summed E-state index contributed by atoms with van der Waals surface area (Å²) in [6, 6.07) is 5.80. The molecule has 0 aliphatic carbocycles. The van der Waals surface area contributed by atoms with Crippen molar-refractivity contribution >= 4 is 5.82 Å². The Morgan fingerprint density at radius 1 is 1.32 bits per heavy atom. The second-order valence-corrected chi connectivity index (χ2v) is 4.76. The molecule has 0 unspecified atom stereocenters. The Hall–Kier alpha value is -2.35. The number of pyridine rings is 1. The SMILES string of the molecule is Cc1nc2n(c1C)CCN(c1ncccc1C#N)C2. The van der Waals surface area contributed by atoms with Gasteiger partial charge in [-0.15, -0.1) is 0 Å². The number of nitrogens with zero attached hydrogens (tertiary/aromatic N) is 5. The van der Waals surface area contributed by atoms with Crippen LogP contribution in [0.4, 0.5) is 5.82 Å². The van der Waals surface area contributed by atoms with Crippen LogP contribution in [0.25, 0.3) is 0 Å². The van der Waals surface area contributed by atoms with Gasteiger partial charge in [-0.2, -0.15) is 5.26 Å². The lowest BCUT2D eigenvalue weighted by Gasteiger charge is -2.29. The Balaban J connectivity index is 1.96. The lowest BCUT2D eigenvalue weighted by atomic mass is 10.2. The predicted octanol–water partition coefficient (Wildman–Crippen LogP) is 1.79. The van der Waals surface area contributed by atoms with E-state index in [0.717, 1.165) is 30.4 Å². The summed E-state index contributed by atoms with van der Waals surface area (Å²) in [6.45, 7) is 6.59. The third kappa shape index (κ3) is 1.85. The van der Waals surface area contributed by atoms with Crippen LogP contribution in [0.2, 0.25) is 0 Å². The van der Waals surface area contributed by atoms with E-state index in [0.29, 0.717) is 12.1 Å². The second kappa shape index (κ2) is 4.39. The second-order valence-electron chi connectivity index (χ2n) is 4.76. The molecule has 2 aromatic heterocycles. The van der Waals surface area contributed by atoms with Gasteiger partial charge >= 0.3 is 0 Å². The molecule has 5 heteroatoms. The molecule has 96 valence electrons. The van der Waals surface area contributed by atoms with Gasteiger partial charge in [0.05, 0.1) is 17.8 Å². The standard InChI is InChI=1S/C14H15N5/c1-10-11(2)19-7-6-18(9-13(19)17-10)14-12(8-15)4-3-5-16-14/h3-5H,6-7,9H2,1-2H3. The largest absolute Gasteiger partial charge is 0.346 e. The number of imidazole rings is 1. The van der Waals surface area contributed by atoms with Gasteiger partial charge in [-0.05, 0) is 26.0 Å². The van der Waals surface area contributed by atoms with Crippen LogP contribution in [0.15, 0.2) is 18.3 Å². The highest BCUT2D eigenvalue weighted by Gasteiger charge is 2.22. The molecule has 0 atom stereocenters. The first-order valence-electron chi connectivity index (χ1n) is 6.33. The van der Waals surface area contributed by atoms with Gasteiger partial charge in [0.2, 0.25) is 0 Å². The third-order valence-corrected chi connectivity index (χ3v) is 3.67. The van der Waals surface area contributed by atoms with Gasteiger partial charge < -0.3 is 9.47 Å². The zero-order valence-electron chi connectivity index (χ0n) is 11.1. The maximum Gasteiger partial charge on any atom is 0.146 e. The first-order chi connectivity index (χ1) is 9.20. The van der Waals surface area contributed by atoms with E-state index in [1.54, 1.807) is 18.3 Å². The van der Waals surface area contributed by atoms with E-state index in [-0.39, 0.29) is 0 Å². The summed E-state index contributed by atoms with van der Waals surface area (Å²) in [7, 11) is 0. The van der Waals surface area contributed by atoms with Crippen molar-refractivity contribution in [3.63, 3.8) is 0 Å². The summed E-state index contributed by atoms with van der Waals surface area (Å²) in [5.74, 6) is 1.81. The summed E-state index contributed by atoms with van der Waals surface area (Å²) in [5.41, 5.74) is 2.94. The summed E-state index contributed by atoms with van der Waals surface area (Å²) in [4.78, 5) is 11.1. The summed E-state index contributed by atoms with van der Waals surface area (Å²) in [6.07, 6.45) is 1.73. The normalized spacial score (nSPS) is 14.1. The van der Waals surface area contributed by atoms with Crippen molar-refractivity contribution < 1.29 is 0 Å². The predicted molar refractivity (Wildman–Crippen MR) is 71.7 cm³/mol. The molecule has 0 aromatic carbocycles. The van der Waals surface area contributed by atoms with Crippen molar-refractivity contribution in [3.05, 3.63) is 41.1 Å². The molecule has 5 nitrogen and oxygen atoms in total. The number of aromatic nitrogens is 3. The molecule has 0 N–H and O–H groups in total. The number of fused-ring (bicyclic) bond motifs is 1. The lowest BCUT2D eigenvalue weighted by molar-refractivity contribution is 0.547. The van der Waals surface area contributed by atoms with Crippen LogP contribution in [0, 0.1) is 25.2 Å². The first kappa shape index (κ1) is 11.7. The highest BCUT2D eigenvalue weighted by molar-refractivity contribution is 5.53. The average Bonchev–Trinajstić information content (AvgIpc) is 2.73. The third-order valence-electron chi connectivity index (χ3n) is 3.67. The number of hydrogen-bond acceptors (Lipinski definition) is 4. The highest BCUT2D eigenvalue weighted by Crippen LogP contribution is 2.23. The molecule has 19 heavy (non-hydrogen) atoms. The Labute approximate surface area is 112 Å². The molecule has 3 heterocycles. The van der Waals surface area contributed by atoms with E-state index in [9.17, 15) is 0 Å². The van der Waals surface area contributed by atoms with Crippen molar-refractivity contribution in [1.29, 1.82) is 5.26 Å². The van der Waals surface area contributed by atoms with E-state index < -0.39 is 0 Å². The average molecular weight is 253 g/mol. The Kier molecular flexibility index (Phi) is 2.71. The number of nitriles is 1. The van der Waals surface area contributed by atoms with Gasteiger partial charge in [0.1, 0.15) is 17.7 Å². The summed E-state index contributed by atoms with van der Waals surface area (Å²) < 4.78 is 2.25. The molecular weight excluding hydrogens is 238 g/mol. The topological polar surface area (TPSA) is 57.7 Å². The quantitative estimate of drug-likeness (QED) is 0.777. The highest BCUT2D eigenvalue weighted by atomic mass is 15.3. The van der Waals surface area contributed by atoms with Gasteiger partial charge in [-0.3, -0.25) is 0 Å². The molecule has 0 spiro atoms. The van der Waals surface area contributed by atoms with Crippen molar-refractivity contribution in [2.24, 2.45) is 0 Å². The fourth-order valence-corrected chi connectivity index (χ4v) is 2.53. The molecule has 0 amide bonds. The minimum absolute atomic E-state index is 0.621. The van der Waals surface area contributed by atoms with Crippen LogP contribution in [-0.4, -0.2) is 21.1 Å². The molecule has 0 radical (unpaired) electrons. The van der Waals surface area contributed by atoms with E-state index in [1.807, 2.05) is 6.92 Å². The van der Waals surface area contributed by atoms with Gasteiger partial charge in [-0.25, -0.2) is 9.97 Å². The zero-order valence-corrected chi connectivity index (χ0v) is 11.1.